The standard InChI is InChI=1S/C35H56N6O7/c1-11-13-14-21(27(44)30(46)36-17-12-2)37-29(45)26-25-20(35(25,9)10)18-41(26)31(47)28(34(6,7)8)39-32(48)38-22(33(3,4)5)19-40-23(42)15-16-24(40)43/h12,20-22,25-26,28H,2,11,13-19H2,1,3-10H3,(H,36,46)(H,37,45)(H2,38,39,48)/t20-,21?,22+,25-,26-,28+/m0/s1. The van der Waals surface area contributed by atoms with Crippen LogP contribution in [0, 0.1) is 28.1 Å². The van der Waals surface area contributed by atoms with Crippen molar-refractivity contribution in [3.8, 4) is 0 Å². The molecule has 3 aliphatic rings. The van der Waals surface area contributed by atoms with Gasteiger partial charge in [-0.1, -0.05) is 81.2 Å². The molecule has 2 saturated heterocycles. The molecule has 48 heavy (non-hydrogen) atoms. The van der Waals surface area contributed by atoms with Crippen LogP contribution in [0.2, 0.25) is 0 Å². The predicted molar refractivity (Wildman–Crippen MR) is 180 cm³/mol. The number of nitrogens with zero attached hydrogens (tertiary/aromatic N) is 2. The Kier molecular flexibility index (Phi) is 11.9. The molecule has 0 radical (unpaired) electrons. The van der Waals surface area contributed by atoms with Crippen LogP contribution in [-0.4, -0.2) is 95.0 Å². The van der Waals surface area contributed by atoms with Crippen molar-refractivity contribution < 1.29 is 33.6 Å². The van der Waals surface area contributed by atoms with Gasteiger partial charge in [0.2, 0.25) is 29.4 Å². The minimum absolute atomic E-state index is 0.0130. The minimum Gasteiger partial charge on any atom is -0.346 e. The summed E-state index contributed by atoms with van der Waals surface area (Å²) >= 11 is 0. The van der Waals surface area contributed by atoms with Crippen LogP contribution in [0.15, 0.2) is 12.7 Å². The fourth-order valence-corrected chi connectivity index (χ4v) is 6.85. The number of rotatable bonds is 14. The van der Waals surface area contributed by atoms with Gasteiger partial charge in [-0.05, 0) is 34.5 Å². The van der Waals surface area contributed by atoms with Gasteiger partial charge in [-0.2, -0.15) is 0 Å². The van der Waals surface area contributed by atoms with Gasteiger partial charge in [-0.25, -0.2) is 4.79 Å². The average Bonchev–Trinajstić information content (AvgIpc) is 3.27. The molecule has 2 aliphatic heterocycles. The van der Waals surface area contributed by atoms with E-state index < -0.39 is 64.5 Å². The Morgan fingerprint density at radius 1 is 0.958 bits per heavy atom. The molecule has 3 fully saturated rings. The Morgan fingerprint density at radius 2 is 1.56 bits per heavy atom. The molecule has 2 heterocycles. The second-order valence-electron chi connectivity index (χ2n) is 16.2. The molecule has 3 rings (SSSR count). The molecule has 0 spiro atoms. The summed E-state index contributed by atoms with van der Waals surface area (Å²) in [6.07, 6.45) is 3.37. The number of nitrogens with one attached hydrogen (secondary N) is 4. The number of imide groups is 1. The third-order valence-electron chi connectivity index (χ3n) is 10.1. The smallest absolute Gasteiger partial charge is 0.315 e. The highest BCUT2D eigenvalue weighted by atomic mass is 16.2. The number of urea groups is 1. The van der Waals surface area contributed by atoms with Crippen LogP contribution in [0.1, 0.15) is 94.4 Å². The SMILES string of the molecule is C=CCNC(=O)C(=O)C(CCCC)NC(=O)[C@@H]1[C@@H]2[C@H](CN1C(=O)[C@@H](NC(=O)N[C@H](CN1C(=O)CCC1=O)C(C)(C)C)C(C)(C)C)C2(C)C. The highest BCUT2D eigenvalue weighted by Gasteiger charge is 2.70. The number of carbonyl (C=O) groups excluding carboxylic acids is 7. The first kappa shape index (κ1) is 38.7. The molecular formula is C35H56N6O7. The van der Waals surface area contributed by atoms with Crippen LogP contribution < -0.4 is 21.3 Å². The van der Waals surface area contributed by atoms with Crippen LogP contribution in [0.25, 0.3) is 0 Å². The zero-order chi connectivity index (χ0) is 36.4. The lowest BCUT2D eigenvalue weighted by atomic mass is 9.85. The van der Waals surface area contributed by atoms with Gasteiger partial charge in [0.25, 0.3) is 5.91 Å². The number of likely N-dealkylation sites (tertiary alicyclic amines) is 2. The number of Topliss-reactive ketones (excluding diaryl/α,β-unsaturated/α-hetero) is 1. The molecule has 0 aromatic carbocycles. The van der Waals surface area contributed by atoms with Gasteiger partial charge in [0.1, 0.15) is 12.1 Å². The largest absolute Gasteiger partial charge is 0.346 e. The first-order chi connectivity index (χ1) is 22.2. The van der Waals surface area contributed by atoms with Crippen molar-refractivity contribution in [1.29, 1.82) is 0 Å². The van der Waals surface area contributed by atoms with Crippen molar-refractivity contribution in [2.24, 2.45) is 28.1 Å². The lowest BCUT2D eigenvalue weighted by Gasteiger charge is -2.39. The molecule has 4 N–H and O–H groups in total. The fourth-order valence-electron chi connectivity index (χ4n) is 6.85. The molecule has 13 nitrogen and oxygen atoms in total. The van der Waals surface area contributed by atoms with E-state index in [-0.39, 0.29) is 61.4 Å². The second-order valence-corrected chi connectivity index (χ2v) is 16.2. The van der Waals surface area contributed by atoms with Gasteiger partial charge in [-0.3, -0.25) is 33.7 Å². The number of hydrogen-bond acceptors (Lipinski definition) is 7. The molecule has 7 amide bonds. The predicted octanol–water partition coefficient (Wildman–Crippen LogP) is 2.29. The van der Waals surface area contributed by atoms with Crippen LogP contribution in [0.3, 0.4) is 0 Å². The lowest BCUT2D eigenvalue weighted by molar-refractivity contribution is -0.145. The number of fused-ring (bicyclic) bond motifs is 1. The minimum atomic E-state index is -1.05. The number of piperidine rings is 1. The Bertz CT molecular complexity index is 1300. The Morgan fingerprint density at radius 3 is 2.08 bits per heavy atom. The summed E-state index contributed by atoms with van der Waals surface area (Å²) in [6.45, 7) is 21.1. The highest BCUT2D eigenvalue weighted by Crippen LogP contribution is 2.65. The number of amides is 7. The number of hydrogen-bond donors (Lipinski definition) is 4. The average molecular weight is 673 g/mol. The van der Waals surface area contributed by atoms with Gasteiger partial charge in [0.05, 0.1) is 12.1 Å². The van der Waals surface area contributed by atoms with Crippen LogP contribution in [0.4, 0.5) is 4.79 Å². The van der Waals surface area contributed by atoms with Crippen molar-refractivity contribution in [1.82, 2.24) is 31.1 Å². The molecule has 268 valence electrons. The zero-order valence-electron chi connectivity index (χ0n) is 30.2. The van der Waals surface area contributed by atoms with Crippen LogP contribution in [0.5, 0.6) is 0 Å². The van der Waals surface area contributed by atoms with Gasteiger partial charge in [0, 0.05) is 32.5 Å². The number of carbonyl (C=O) groups is 7. The van der Waals surface area contributed by atoms with E-state index in [1.54, 1.807) is 0 Å². The molecule has 0 bridgehead atoms. The van der Waals surface area contributed by atoms with E-state index in [2.05, 4.69) is 27.8 Å². The van der Waals surface area contributed by atoms with E-state index in [0.717, 1.165) is 6.42 Å². The molecule has 13 heteroatoms. The quantitative estimate of drug-likeness (QED) is 0.124. The van der Waals surface area contributed by atoms with E-state index in [0.29, 0.717) is 13.0 Å². The van der Waals surface area contributed by atoms with Gasteiger partial charge in [-0.15, -0.1) is 6.58 Å². The fraction of sp³-hybridized carbons (Fsp3) is 0.743. The Hall–Kier alpha value is -3.77. The zero-order valence-corrected chi connectivity index (χ0v) is 30.2. The van der Waals surface area contributed by atoms with Gasteiger partial charge < -0.3 is 26.2 Å². The molecule has 1 unspecified atom stereocenters. The highest BCUT2D eigenvalue weighted by molar-refractivity contribution is 6.38. The lowest BCUT2D eigenvalue weighted by Crippen LogP contribution is -2.62. The van der Waals surface area contributed by atoms with Crippen LogP contribution in [-0.2, 0) is 28.8 Å². The maximum absolute atomic E-state index is 14.4. The number of unbranched alkanes of at least 4 members (excludes halogenated alkanes) is 1. The third-order valence-corrected chi connectivity index (χ3v) is 10.1. The summed E-state index contributed by atoms with van der Waals surface area (Å²) in [5.41, 5.74) is -1.50. The van der Waals surface area contributed by atoms with E-state index in [9.17, 15) is 33.6 Å². The molecule has 0 aromatic heterocycles. The molecule has 0 aromatic rings. The Labute approximate surface area is 284 Å². The summed E-state index contributed by atoms with van der Waals surface area (Å²) in [5.74, 6) is -3.17. The van der Waals surface area contributed by atoms with Crippen molar-refractivity contribution in [3.05, 3.63) is 12.7 Å². The van der Waals surface area contributed by atoms with E-state index in [1.807, 2.05) is 62.3 Å². The maximum atomic E-state index is 14.4. The summed E-state index contributed by atoms with van der Waals surface area (Å²) in [5, 5.41) is 11.0. The third kappa shape index (κ3) is 8.63. The van der Waals surface area contributed by atoms with Crippen molar-refractivity contribution in [3.63, 3.8) is 0 Å². The summed E-state index contributed by atoms with van der Waals surface area (Å²) in [6, 6.07) is -4.21. The first-order valence-electron chi connectivity index (χ1n) is 17.1. The van der Waals surface area contributed by atoms with Gasteiger partial charge >= 0.3 is 6.03 Å². The molecule has 1 saturated carbocycles. The van der Waals surface area contributed by atoms with Crippen molar-refractivity contribution in [2.45, 2.75) is 119 Å². The topological polar surface area (TPSA) is 174 Å². The normalized spacial score (nSPS) is 23.5. The van der Waals surface area contributed by atoms with Gasteiger partial charge in [0.15, 0.2) is 0 Å². The molecule has 1 aliphatic carbocycles. The Balaban J connectivity index is 1.83. The van der Waals surface area contributed by atoms with E-state index in [4.69, 9.17) is 0 Å². The second kappa shape index (κ2) is 14.8. The summed E-state index contributed by atoms with van der Waals surface area (Å²) in [7, 11) is 0. The van der Waals surface area contributed by atoms with E-state index >= 15 is 0 Å². The molecule has 6 atom stereocenters. The summed E-state index contributed by atoms with van der Waals surface area (Å²) in [4.78, 5) is 94.8. The maximum Gasteiger partial charge on any atom is 0.315 e. The first-order valence-corrected chi connectivity index (χ1v) is 17.1. The van der Waals surface area contributed by atoms with Crippen molar-refractivity contribution in [2.75, 3.05) is 19.6 Å². The van der Waals surface area contributed by atoms with Crippen molar-refractivity contribution >= 4 is 41.4 Å². The van der Waals surface area contributed by atoms with E-state index in [1.165, 1.54) is 15.9 Å². The van der Waals surface area contributed by atoms with Crippen LogP contribution >= 0.6 is 0 Å². The monoisotopic (exact) mass is 672 g/mol. The molecular weight excluding hydrogens is 616 g/mol. The summed E-state index contributed by atoms with van der Waals surface area (Å²) < 4.78 is 0. The number of ketones is 1.